The molecule has 0 fully saturated rings. The normalized spacial score (nSPS) is 12.5. The van der Waals surface area contributed by atoms with Crippen molar-refractivity contribution in [3.05, 3.63) is 39.9 Å². The molecule has 0 spiro atoms. The van der Waals surface area contributed by atoms with Gasteiger partial charge in [0, 0.05) is 16.1 Å². The average molecular weight is 291 g/mol. The molecule has 13 heavy (non-hydrogen) atoms. The summed E-state index contributed by atoms with van der Waals surface area (Å²) in [5.41, 5.74) is 1.30. The van der Waals surface area contributed by atoms with Crippen LogP contribution in [-0.2, 0) is 0 Å². The van der Waals surface area contributed by atoms with Crippen LogP contribution < -0.4 is 0 Å². The number of hydrogen-bond acceptors (Lipinski definition) is 2. The topological polar surface area (TPSA) is 43.1 Å². The van der Waals surface area contributed by atoms with Gasteiger partial charge in [0.05, 0.1) is 4.92 Å². The Kier molecular flexibility index (Phi) is 3.65. The third kappa shape index (κ3) is 2.65. The molecular formula is C9H10INO2. The first-order valence-electron chi connectivity index (χ1n) is 4.03. The summed E-state index contributed by atoms with van der Waals surface area (Å²) in [4.78, 5) is 9.98. The zero-order valence-corrected chi connectivity index (χ0v) is 9.39. The zero-order chi connectivity index (χ0) is 9.84. The van der Waals surface area contributed by atoms with Crippen LogP contribution in [0, 0.1) is 10.1 Å². The van der Waals surface area contributed by atoms with E-state index >= 15 is 0 Å². The van der Waals surface area contributed by atoms with Crippen LogP contribution in [0.4, 0.5) is 5.69 Å². The van der Waals surface area contributed by atoms with Gasteiger partial charge in [-0.05, 0) is 12.0 Å². The van der Waals surface area contributed by atoms with Gasteiger partial charge in [-0.3, -0.25) is 10.1 Å². The molecule has 0 aliphatic carbocycles. The molecule has 0 aliphatic heterocycles. The SMILES string of the molecule is CCC(I)c1ccc([N+](=O)[O-])cc1. The highest BCUT2D eigenvalue weighted by Crippen LogP contribution is 2.27. The van der Waals surface area contributed by atoms with E-state index in [4.69, 9.17) is 0 Å². The minimum absolute atomic E-state index is 0.156. The Balaban J connectivity index is 2.87. The van der Waals surface area contributed by atoms with Gasteiger partial charge >= 0.3 is 0 Å². The maximum absolute atomic E-state index is 10.4. The summed E-state index contributed by atoms with van der Waals surface area (Å²) >= 11 is 2.33. The van der Waals surface area contributed by atoms with Crippen LogP contribution in [0.5, 0.6) is 0 Å². The molecule has 3 nitrogen and oxygen atoms in total. The van der Waals surface area contributed by atoms with Crippen molar-refractivity contribution in [1.29, 1.82) is 0 Å². The molecule has 1 rings (SSSR count). The first kappa shape index (κ1) is 10.4. The summed E-state index contributed by atoms with van der Waals surface area (Å²) in [6, 6.07) is 6.74. The predicted octanol–water partition coefficient (Wildman–Crippen LogP) is 3.48. The van der Waals surface area contributed by atoms with Crippen LogP contribution in [0.3, 0.4) is 0 Å². The molecule has 1 aromatic carbocycles. The van der Waals surface area contributed by atoms with Crippen molar-refractivity contribution in [2.75, 3.05) is 0 Å². The molecule has 1 aromatic rings. The van der Waals surface area contributed by atoms with E-state index < -0.39 is 0 Å². The molecule has 0 heterocycles. The first-order chi connectivity index (χ1) is 6.15. The summed E-state index contributed by atoms with van der Waals surface area (Å²) in [5.74, 6) is 0. The second-order valence-corrected chi connectivity index (χ2v) is 4.23. The van der Waals surface area contributed by atoms with Crippen LogP contribution in [-0.4, -0.2) is 4.92 Å². The minimum Gasteiger partial charge on any atom is -0.258 e. The molecule has 0 bridgehead atoms. The molecule has 0 amide bonds. The van der Waals surface area contributed by atoms with Crippen LogP contribution in [0.1, 0.15) is 22.8 Å². The lowest BCUT2D eigenvalue weighted by atomic mass is 10.1. The lowest BCUT2D eigenvalue weighted by molar-refractivity contribution is -0.384. The number of hydrogen-bond donors (Lipinski definition) is 0. The van der Waals surface area contributed by atoms with Crippen LogP contribution in [0.15, 0.2) is 24.3 Å². The van der Waals surface area contributed by atoms with Crippen molar-refractivity contribution in [3.8, 4) is 0 Å². The van der Waals surface area contributed by atoms with E-state index in [9.17, 15) is 10.1 Å². The molecular weight excluding hydrogens is 281 g/mol. The Bertz CT molecular complexity index is 297. The van der Waals surface area contributed by atoms with Gasteiger partial charge in [-0.25, -0.2) is 0 Å². The van der Waals surface area contributed by atoms with Crippen molar-refractivity contribution in [3.63, 3.8) is 0 Å². The summed E-state index contributed by atoms with van der Waals surface area (Å²) in [6.07, 6.45) is 1.04. The molecule has 0 aliphatic rings. The highest BCUT2D eigenvalue weighted by molar-refractivity contribution is 14.1. The third-order valence-corrected chi connectivity index (χ3v) is 3.42. The quantitative estimate of drug-likeness (QED) is 0.370. The number of halogens is 1. The fourth-order valence-electron chi connectivity index (χ4n) is 1.04. The molecule has 70 valence electrons. The molecule has 0 N–H and O–H groups in total. The van der Waals surface area contributed by atoms with Gasteiger partial charge in [-0.15, -0.1) is 0 Å². The average Bonchev–Trinajstić information content (AvgIpc) is 2.17. The van der Waals surface area contributed by atoms with Gasteiger partial charge in [0.2, 0.25) is 0 Å². The van der Waals surface area contributed by atoms with Crippen LogP contribution in [0.25, 0.3) is 0 Å². The van der Waals surface area contributed by atoms with Crippen molar-refractivity contribution in [2.45, 2.75) is 17.3 Å². The molecule has 0 saturated carbocycles. The molecule has 0 aromatic heterocycles. The maximum Gasteiger partial charge on any atom is 0.269 e. The Morgan fingerprint density at radius 2 is 2.00 bits per heavy atom. The van der Waals surface area contributed by atoms with Gasteiger partial charge < -0.3 is 0 Å². The Labute approximate surface area is 90.4 Å². The maximum atomic E-state index is 10.4. The molecule has 1 unspecified atom stereocenters. The number of alkyl halides is 1. The Morgan fingerprint density at radius 3 is 2.38 bits per heavy atom. The van der Waals surface area contributed by atoms with Crippen LogP contribution >= 0.6 is 22.6 Å². The summed E-state index contributed by atoms with van der Waals surface area (Å²) in [5, 5.41) is 10.4. The van der Waals surface area contributed by atoms with E-state index in [1.54, 1.807) is 12.1 Å². The number of nitrogens with zero attached hydrogens (tertiary/aromatic N) is 1. The highest BCUT2D eigenvalue weighted by atomic mass is 127. The summed E-state index contributed by atoms with van der Waals surface area (Å²) in [6.45, 7) is 2.10. The second kappa shape index (κ2) is 4.55. The third-order valence-electron chi connectivity index (χ3n) is 1.82. The predicted molar refractivity (Wildman–Crippen MR) is 60.1 cm³/mol. The fraction of sp³-hybridized carbons (Fsp3) is 0.333. The molecule has 4 heteroatoms. The van der Waals surface area contributed by atoms with E-state index in [-0.39, 0.29) is 10.6 Å². The van der Waals surface area contributed by atoms with E-state index in [2.05, 4.69) is 29.5 Å². The number of nitro benzene ring substituents is 1. The summed E-state index contributed by atoms with van der Waals surface area (Å²) in [7, 11) is 0. The molecule has 1 atom stereocenters. The number of non-ortho nitro benzene ring substituents is 1. The zero-order valence-electron chi connectivity index (χ0n) is 7.24. The lowest BCUT2D eigenvalue weighted by Crippen LogP contribution is -1.90. The van der Waals surface area contributed by atoms with Gasteiger partial charge in [-0.1, -0.05) is 41.6 Å². The van der Waals surface area contributed by atoms with E-state index in [0.717, 1.165) is 12.0 Å². The second-order valence-electron chi connectivity index (χ2n) is 2.72. The number of rotatable bonds is 3. The summed E-state index contributed by atoms with van der Waals surface area (Å²) < 4.78 is 0.443. The monoisotopic (exact) mass is 291 g/mol. The molecule has 0 saturated heterocycles. The van der Waals surface area contributed by atoms with Crippen molar-refractivity contribution in [2.24, 2.45) is 0 Å². The lowest BCUT2D eigenvalue weighted by Gasteiger charge is -2.05. The van der Waals surface area contributed by atoms with Gasteiger partial charge in [0.25, 0.3) is 5.69 Å². The van der Waals surface area contributed by atoms with Crippen LogP contribution in [0.2, 0.25) is 0 Å². The van der Waals surface area contributed by atoms with Crippen molar-refractivity contribution < 1.29 is 4.92 Å². The largest absolute Gasteiger partial charge is 0.269 e. The van der Waals surface area contributed by atoms with Crippen molar-refractivity contribution >= 4 is 28.3 Å². The van der Waals surface area contributed by atoms with E-state index in [1.165, 1.54) is 0 Å². The first-order valence-corrected chi connectivity index (χ1v) is 5.28. The number of nitro groups is 1. The smallest absolute Gasteiger partial charge is 0.258 e. The highest BCUT2D eigenvalue weighted by Gasteiger charge is 2.07. The Hall–Kier alpha value is -0.650. The minimum atomic E-state index is -0.377. The van der Waals surface area contributed by atoms with E-state index in [1.807, 2.05) is 12.1 Å². The standard InChI is InChI=1S/C9H10INO2/c1-2-9(10)7-3-5-8(6-4-7)11(12)13/h3-6,9H,2H2,1H3. The van der Waals surface area contributed by atoms with Gasteiger partial charge in [0.1, 0.15) is 0 Å². The van der Waals surface area contributed by atoms with Gasteiger partial charge in [-0.2, -0.15) is 0 Å². The molecule has 0 radical (unpaired) electrons. The van der Waals surface area contributed by atoms with Crippen molar-refractivity contribution in [1.82, 2.24) is 0 Å². The fourth-order valence-corrected chi connectivity index (χ4v) is 1.46. The van der Waals surface area contributed by atoms with E-state index in [0.29, 0.717) is 3.92 Å². The Morgan fingerprint density at radius 1 is 1.46 bits per heavy atom. The number of benzene rings is 1. The van der Waals surface area contributed by atoms with Gasteiger partial charge in [0.15, 0.2) is 0 Å².